The molecule has 1 atom stereocenters. The summed E-state index contributed by atoms with van der Waals surface area (Å²) in [5.41, 5.74) is 0.653. The number of hydrogen-bond donors (Lipinski definition) is 2. The Kier molecular flexibility index (Phi) is 6.30. The number of hydrogen-bond acceptors (Lipinski definition) is 3. The minimum Gasteiger partial charge on any atom is -0.444 e. The van der Waals surface area contributed by atoms with Crippen LogP contribution in [0, 0.1) is 0 Å². The largest absolute Gasteiger partial charge is 0.444 e. The summed E-state index contributed by atoms with van der Waals surface area (Å²) in [5, 5.41) is 6.75. The quantitative estimate of drug-likeness (QED) is 0.818. The van der Waals surface area contributed by atoms with Crippen molar-refractivity contribution in [2.75, 3.05) is 13.1 Å². The van der Waals surface area contributed by atoms with Crippen LogP contribution in [-0.2, 0) is 4.74 Å². The highest BCUT2D eigenvalue weighted by Crippen LogP contribution is 2.16. The van der Waals surface area contributed by atoms with Gasteiger partial charge < -0.3 is 15.4 Å². The predicted octanol–water partition coefficient (Wildman–Crippen LogP) is 3.52. The van der Waals surface area contributed by atoms with Crippen molar-refractivity contribution in [3.63, 3.8) is 0 Å². The summed E-state index contributed by atoms with van der Waals surface area (Å²) in [6.07, 6.45) is -0.394. The molecule has 0 aromatic heterocycles. The van der Waals surface area contributed by atoms with Crippen LogP contribution in [0.2, 0.25) is 5.02 Å². The highest BCUT2D eigenvalue weighted by Gasteiger charge is 2.15. The molecule has 0 unspecified atom stereocenters. The normalized spacial score (nSPS) is 12.8. The molecule has 0 fully saturated rings. The number of rotatable bonds is 5. The van der Waals surface area contributed by atoms with E-state index in [0.717, 1.165) is 10.6 Å². The Morgan fingerprint density at radius 2 is 2.05 bits per heavy atom. The van der Waals surface area contributed by atoms with Crippen LogP contribution in [0.5, 0.6) is 0 Å². The molecule has 1 aromatic rings. The maximum atomic E-state index is 11.4. The summed E-state index contributed by atoms with van der Waals surface area (Å²) in [5.74, 6) is 0. The number of halogens is 1. The zero-order valence-electron chi connectivity index (χ0n) is 12.5. The summed E-state index contributed by atoms with van der Waals surface area (Å²) in [4.78, 5) is 11.4. The lowest BCUT2D eigenvalue weighted by Crippen LogP contribution is -2.36. The van der Waals surface area contributed by atoms with Gasteiger partial charge in [0.15, 0.2) is 0 Å². The third-order valence-corrected chi connectivity index (χ3v) is 2.83. The monoisotopic (exact) mass is 298 g/mol. The Balaban J connectivity index is 2.26. The van der Waals surface area contributed by atoms with E-state index in [-0.39, 0.29) is 6.04 Å². The molecule has 0 spiro atoms. The molecular weight excluding hydrogens is 276 g/mol. The molecule has 1 amide bonds. The summed E-state index contributed by atoms with van der Waals surface area (Å²) >= 11 is 5.95. The van der Waals surface area contributed by atoms with E-state index >= 15 is 0 Å². The van der Waals surface area contributed by atoms with Crippen LogP contribution in [0.15, 0.2) is 24.3 Å². The Bertz CT molecular complexity index is 444. The van der Waals surface area contributed by atoms with E-state index in [9.17, 15) is 4.79 Å². The molecule has 2 N–H and O–H groups in total. The molecule has 0 bridgehead atoms. The van der Waals surface area contributed by atoms with Crippen molar-refractivity contribution in [1.29, 1.82) is 0 Å². The first-order valence-electron chi connectivity index (χ1n) is 6.73. The predicted molar refractivity (Wildman–Crippen MR) is 82.1 cm³/mol. The Labute approximate surface area is 125 Å². The van der Waals surface area contributed by atoms with Crippen LogP contribution in [0.3, 0.4) is 0 Å². The first-order chi connectivity index (χ1) is 9.28. The van der Waals surface area contributed by atoms with Gasteiger partial charge in [0.25, 0.3) is 0 Å². The minimum absolute atomic E-state index is 0.175. The zero-order valence-corrected chi connectivity index (χ0v) is 13.3. The topological polar surface area (TPSA) is 50.4 Å². The average molecular weight is 299 g/mol. The third kappa shape index (κ3) is 6.78. The van der Waals surface area contributed by atoms with Gasteiger partial charge >= 0.3 is 6.09 Å². The van der Waals surface area contributed by atoms with Gasteiger partial charge in [0.2, 0.25) is 0 Å². The average Bonchev–Trinajstić information content (AvgIpc) is 2.32. The molecule has 4 nitrogen and oxygen atoms in total. The van der Waals surface area contributed by atoms with Gasteiger partial charge in [0, 0.05) is 24.2 Å². The van der Waals surface area contributed by atoms with Crippen LogP contribution in [-0.4, -0.2) is 24.8 Å². The second-order valence-corrected chi connectivity index (χ2v) is 6.10. The highest BCUT2D eigenvalue weighted by molar-refractivity contribution is 6.30. The van der Waals surface area contributed by atoms with Gasteiger partial charge in [0.1, 0.15) is 5.60 Å². The lowest BCUT2D eigenvalue weighted by molar-refractivity contribution is 0.0528. The molecule has 0 saturated carbocycles. The van der Waals surface area contributed by atoms with Crippen molar-refractivity contribution in [2.24, 2.45) is 0 Å². The summed E-state index contributed by atoms with van der Waals surface area (Å²) in [6.45, 7) is 8.75. The number of alkyl carbamates (subject to hydrolysis) is 1. The van der Waals surface area contributed by atoms with Gasteiger partial charge in [-0.05, 0) is 45.4 Å². The van der Waals surface area contributed by atoms with E-state index in [1.807, 2.05) is 45.0 Å². The maximum Gasteiger partial charge on any atom is 0.407 e. The lowest BCUT2D eigenvalue weighted by atomic mass is 10.1. The fourth-order valence-electron chi connectivity index (χ4n) is 1.66. The summed E-state index contributed by atoms with van der Waals surface area (Å²) < 4.78 is 5.15. The van der Waals surface area contributed by atoms with Crippen molar-refractivity contribution in [1.82, 2.24) is 10.6 Å². The van der Waals surface area contributed by atoms with Gasteiger partial charge in [-0.3, -0.25) is 0 Å². The lowest BCUT2D eigenvalue weighted by Gasteiger charge is -2.20. The standard InChI is InChI=1S/C15H23ClN2O2/c1-11(12-6-5-7-13(16)10-12)17-8-9-18-14(19)20-15(2,3)4/h5-7,10-11,17H,8-9H2,1-4H3,(H,18,19)/t11-/m0/s1. The molecule has 0 saturated heterocycles. The van der Waals surface area contributed by atoms with E-state index in [4.69, 9.17) is 16.3 Å². The molecule has 5 heteroatoms. The van der Waals surface area contributed by atoms with E-state index < -0.39 is 11.7 Å². The Morgan fingerprint density at radius 3 is 2.65 bits per heavy atom. The van der Waals surface area contributed by atoms with Gasteiger partial charge in [0.05, 0.1) is 0 Å². The van der Waals surface area contributed by atoms with E-state index in [0.29, 0.717) is 13.1 Å². The summed E-state index contributed by atoms with van der Waals surface area (Å²) in [7, 11) is 0. The van der Waals surface area contributed by atoms with Crippen molar-refractivity contribution in [3.05, 3.63) is 34.9 Å². The van der Waals surface area contributed by atoms with E-state index in [2.05, 4.69) is 17.6 Å². The molecule has 0 aliphatic heterocycles. The number of ether oxygens (including phenoxy) is 1. The molecule has 1 rings (SSSR count). The molecule has 20 heavy (non-hydrogen) atoms. The van der Waals surface area contributed by atoms with Crippen molar-refractivity contribution >= 4 is 17.7 Å². The van der Waals surface area contributed by atoms with Gasteiger partial charge in [-0.25, -0.2) is 4.79 Å². The molecule has 0 heterocycles. The highest BCUT2D eigenvalue weighted by atomic mass is 35.5. The molecule has 1 aromatic carbocycles. The third-order valence-electron chi connectivity index (χ3n) is 2.59. The van der Waals surface area contributed by atoms with Crippen LogP contribution >= 0.6 is 11.6 Å². The number of nitrogens with one attached hydrogen (secondary N) is 2. The van der Waals surface area contributed by atoms with Crippen LogP contribution in [0.25, 0.3) is 0 Å². The van der Waals surface area contributed by atoms with Crippen molar-refractivity contribution in [2.45, 2.75) is 39.3 Å². The smallest absolute Gasteiger partial charge is 0.407 e. The molecular formula is C15H23ClN2O2. The van der Waals surface area contributed by atoms with E-state index in [1.54, 1.807) is 0 Å². The van der Waals surface area contributed by atoms with Crippen LogP contribution < -0.4 is 10.6 Å². The van der Waals surface area contributed by atoms with Crippen LogP contribution in [0.4, 0.5) is 4.79 Å². The second kappa shape index (κ2) is 7.50. The molecule has 0 aliphatic carbocycles. The first-order valence-corrected chi connectivity index (χ1v) is 7.11. The van der Waals surface area contributed by atoms with Crippen LogP contribution in [0.1, 0.15) is 39.3 Å². The molecule has 0 radical (unpaired) electrons. The zero-order chi connectivity index (χ0) is 15.2. The Morgan fingerprint density at radius 1 is 1.35 bits per heavy atom. The first kappa shape index (κ1) is 16.8. The van der Waals surface area contributed by atoms with Gasteiger partial charge in [-0.15, -0.1) is 0 Å². The minimum atomic E-state index is -0.467. The van der Waals surface area contributed by atoms with Crippen molar-refractivity contribution in [3.8, 4) is 0 Å². The van der Waals surface area contributed by atoms with E-state index in [1.165, 1.54) is 0 Å². The fraction of sp³-hybridized carbons (Fsp3) is 0.533. The SMILES string of the molecule is C[C@H](NCCNC(=O)OC(C)(C)C)c1cccc(Cl)c1. The van der Waals surface area contributed by atoms with Gasteiger partial charge in [-0.2, -0.15) is 0 Å². The number of benzene rings is 1. The maximum absolute atomic E-state index is 11.4. The summed E-state index contributed by atoms with van der Waals surface area (Å²) in [6, 6.07) is 7.90. The fourth-order valence-corrected chi connectivity index (χ4v) is 1.86. The Hall–Kier alpha value is -1.26. The molecule has 112 valence electrons. The number of carbonyl (C=O) groups excluding carboxylic acids is 1. The number of carbonyl (C=O) groups is 1. The number of amides is 1. The second-order valence-electron chi connectivity index (χ2n) is 5.66. The molecule has 0 aliphatic rings. The van der Waals surface area contributed by atoms with Gasteiger partial charge in [-0.1, -0.05) is 23.7 Å². The van der Waals surface area contributed by atoms with Crippen molar-refractivity contribution < 1.29 is 9.53 Å².